The fourth-order valence-corrected chi connectivity index (χ4v) is 2.11. The Hall–Kier alpha value is -1.96. The van der Waals surface area contributed by atoms with E-state index in [4.69, 9.17) is 4.74 Å². The van der Waals surface area contributed by atoms with Crippen molar-refractivity contribution in [1.29, 1.82) is 0 Å². The quantitative estimate of drug-likeness (QED) is 0.779. The molecule has 116 valence electrons. The Kier molecular flexibility index (Phi) is 5.26. The van der Waals surface area contributed by atoms with Crippen LogP contribution in [0.5, 0.6) is 0 Å². The SMILES string of the molecule is CCCNC(=O)C1COCCN1C(=O)c1n[nH]c(CC)n1. The summed E-state index contributed by atoms with van der Waals surface area (Å²) in [6.07, 6.45) is 1.51. The molecule has 0 aliphatic carbocycles. The second kappa shape index (κ2) is 7.16. The highest BCUT2D eigenvalue weighted by molar-refractivity contribution is 5.95. The summed E-state index contributed by atoms with van der Waals surface area (Å²) in [6, 6.07) is -0.624. The highest BCUT2D eigenvalue weighted by Gasteiger charge is 2.34. The largest absolute Gasteiger partial charge is 0.377 e. The fourth-order valence-electron chi connectivity index (χ4n) is 2.11. The van der Waals surface area contributed by atoms with Crippen molar-refractivity contribution < 1.29 is 14.3 Å². The minimum absolute atomic E-state index is 0.0991. The molecule has 0 aromatic carbocycles. The molecule has 2 heterocycles. The predicted molar refractivity (Wildman–Crippen MR) is 74.7 cm³/mol. The van der Waals surface area contributed by atoms with E-state index in [1.54, 1.807) is 0 Å². The molecule has 2 N–H and O–H groups in total. The summed E-state index contributed by atoms with van der Waals surface area (Å²) in [5.74, 6) is 0.211. The van der Waals surface area contributed by atoms with Crippen LogP contribution in [0, 0.1) is 0 Å². The molecular weight excluding hydrogens is 274 g/mol. The van der Waals surface area contributed by atoms with Gasteiger partial charge in [-0.05, 0) is 6.42 Å². The molecule has 2 rings (SSSR count). The number of aromatic amines is 1. The van der Waals surface area contributed by atoms with Gasteiger partial charge in [0.15, 0.2) is 0 Å². The van der Waals surface area contributed by atoms with Crippen LogP contribution in [0.25, 0.3) is 0 Å². The molecule has 1 aliphatic heterocycles. The first-order valence-electron chi connectivity index (χ1n) is 7.25. The second-order valence-corrected chi connectivity index (χ2v) is 4.84. The van der Waals surface area contributed by atoms with Crippen molar-refractivity contribution in [3.05, 3.63) is 11.6 Å². The van der Waals surface area contributed by atoms with E-state index >= 15 is 0 Å². The van der Waals surface area contributed by atoms with Crippen LogP contribution in [0.1, 0.15) is 36.7 Å². The standard InChI is InChI=1S/C13H21N5O3/c1-3-5-14-12(19)9-8-21-7-6-18(9)13(20)11-15-10(4-2)16-17-11/h9H,3-8H2,1-2H3,(H,14,19)(H,15,16,17). The van der Waals surface area contributed by atoms with Crippen molar-refractivity contribution in [3.8, 4) is 0 Å². The number of rotatable bonds is 5. The van der Waals surface area contributed by atoms with Gasteiger partial charge >= 0.3 is 0 Å². The molecule has 1 saturated heterocycles. The summed E-state index contributed by atoms with van der Waals surface area (Å²) < 4.78 is 5.32. The molecule has 1 fully saturated rings. The lowest BCUT2D eigenvalue weighted by Gasteiger charge is -2.33. The number of hydrogen-bond acceptors (Lipinski definition) is 5. The van der Waals surface area contributed by atoms with Crippen molar-refractivity contribution >= 4 is 11.8 Å². The number of carbonyl (C=O) groups is 2. The van der Waals surface area contributed by atoms with Crippen LogP contribution in [0.15, 0.2) is 0 Å². The number of nitrogens with zero attached hydrogens (tertiary/aromatic N) is 3. The van der Waals surface area contributed by atoms with Gasteiger partial charge in [-0.1, -0.05) is 13.8 Å². The Morgan fingerprint density at radius 2 is 2.29 bits per heavy atom. The van der Waals surface area contributed by atoms with Crippen molar-refractivity contribution in [2.45, 2.75) is 32.7 Å². The maximum absolute atomic E-state index is 12.5. The zero-order valence-corrected chi connectivity index (χ0v) is 12.4. The van der Waals surface area contributed by atoms with Gasteiger partial charge in [-0.15, -0.1) is 5.10 Å². The Morgan fingerprint density at radius 3 is 2.95 bits per heavy atom. The van der Waals surface area contributed by atoms with E-state index in [9.17, 15) is 9.59 Å². The smallest absolute Gasteiger partial charge is 0.294 e. The van der Waals surface area contributed by atoms with E-state index in [2.05, 4.69) is 20.5 Å². The van der Waals surface area contributed by atoms with E-state index in [1.807, 2.05) is 13.8 Å². The third-order valence-electron chi connectivity index (χ3n) is 3.30. The van der Waals surface area contributed by atoms with Gasteiger partial charge < -0.3 is 15.0 Å². The molecule has 0 saturated carbocycles. The van der Waals surface area contributed by atoms with Crippen molar-refractivity contribution in [1.82, 2.24) is 25.4 Å². The Bertz CT molecular complexity index is 502. The first kappa shape index (κ1) is 15.4. The molecule has 2 amide bonds. The number of hydrogen-bond donors (Lipinski definition) is 2. The lowest BCUT2D eigenvalue weighted by atomic mass is 10.2. The van der Waals surface area contributed by atoms with Gasteiger partial charge in [0.25, 0.3) is 5.91 Å². The van der Waals surface area contributed by atoms with Crippen LogP contribution >= 0.6 is 0 Å². The van der Waals surface area contributed by atoms with Crippen LogP contribution in [-0.2, 0) is 16.0 Å². The zero-order chi connectivity index (χ0) is 15.2. The molecule has 8 heteroatoms. The van der Waals surface area contributed by atoms with Crippen molar-refractivity contribution in [2.24, 2.45) is 0 Å². The van der Waals surface area contributed by atoms with Gasteiger partial charge in [0, 0.05) is 19.5 Å². The van der Waals surface area contributed by atoms with E-state index in [-0.39, 0.29) is 24.2 Å². The van der Waals surface area contributed by atoms with Crippen LogP contribution < -0.4 is 5.32 Å². The Morgan fingerprint density at radius 1 is 1.48 bits per heavy atom. The third kappa shape index (κ3) is 3.57. The molecule has 0 spiro atoms. The number of nitrogens with one attached hydrogen (secondary N) is 2. The first-order chi connectivity index (χ1) is 10.2. The van der Waals surface area contributed by atoms with Gasteiger partial charge in [0.05, 0.1) is 13.2 Å². The summed E-state index contributed by atoms with van der Waals surface area (Å²) in [6.45, 7) is 5.45. The van der Waals surface area contributed by atoms with Crippen LogP contribution in [0.3, 0.4) is 0 Å². The summed E-state index contributed by atoms with van der Waals surface area (Å²) in [4.78, 5) is 30.2. The summed E-state index contributed by atoms with van der Waals surface area (Å²) in [5.41, 5.74) is 0. The minimum Gasteiger partial charge on any atom is -0.377 e. The van der Waals surface area contributed by atoms with Gasteiger partial charge in [0.2, 0.25) is 11.7 Å². The van der Waals surface area contributed by atoms with E-state index in [0.29, 0.717) is 31.9 Å². The average Bonchev–Trinajstić information content (AvgIpc) is 3.01. The molecule has 8 nitrogen and oxygen atoms in total. The number of amides is 2. The van der Waals surface area contributed by atoms with Crippen LogP contribution in [0.4, 0.5) is 0 Å². The number of morpholine rings is 1. The summed E-state index contributed by atoms with van der Waals surface area (Å²) >= 11 is 0. The Balaban J connectivity index is 2.10. The maximum Gasteiger partial charge on any atom is 0.294 e. The lowest BCUT2D eigenvalue weighted by Crippen LogP contribution is -2.56. The van der Waals surface area contributed by atoms with Gasteiger partial charge in [-0.3, -0.25) is 14.7 Å². The fraction of sp³-hybridized carbons (Fsp3) is 0.692. The molecule has 0 bridgehead atoms. The van der Waals surface area contributed by atoms with Crippen LogP contribution in [-0.4, -0.2) is 64.2 Å². The van der Waals surface area contributed by atoms with Gasteiger partial charge in [0.1, 0.15) is 11.9 Å². The van der Waals surface area contributed by atoms with Crippen LogP contribution in [0.2, 0.25) is 0 Å². The highest BCUT2D eigenvalue weighted by Crippen LogP contribution is 2.11. The molecule has 1 unspecified atom stereocenters. The van der Waals surface area contributed by atoms with Crippen molar-refractivity contribution in [3.63, 3.8) is 0 Å². The first-order valence-corrected chi connectivity index (χ1v) is 7.25. The normalized spacial score (nSPS) is 18.6. The maximum atomic E-state index is 12.5. The molecule has 1 aromatic rings. The molecule has 1 aromatic heterocycles. The van der Waals surface area contributed by atoms with Gasteiger partial charge in [-0.2, -0.15) is 0 Å². The number of aromatic nitrogens is 3. The third-order valence-corrected chi connectivity index (χ3v) is 3.30. The highest BCUT2D eigenvalue weighted by atomic mass is 16.5. The molecule has 21 heavy (non-hydrogen) atoms. The lowest BCUT2D eigenvalue weighted by molar-refractivity contribution is -0.130. The zero-order valence-electron chi connectivity index (χ0n) is 12.4. The predicted octanol–water partition coefficient (Wildman–Crippen LogP) is -0.266. The summed E-state index contributed by atoms with van der Waals surface area (Å²) in [7, 11) is 0. The monoisotopic (exact) mass is 295 g/mol. The molecular formula is C13H21N5O3. The molecule has 0 radical (unpaired) electrons. The minimum atomic E-state index is -0.624. The number of ether oxygens (including phenoxy) is 1. The van der Waals surface area contributed by atoms with Gasteiger partial charge in [-0.25, -0.2) is 4.98 Å². The van der Waals surface area contributed by atoms with E-state index < -0.39 is 6.04 Å². The number of carbonyl (C=O) groups excluding carboxylic acids is 2. The van der Waals surface area contributed by atoms with Crippen molar-refractivity contribution in [2.75, 3.05) is 26.3 Å². The number of H-pyrrole nitrogens is 1. The topological polar surface area (TPSA) is 100 Å². The van der Waals surface area contributed by atoms with E-state index in [0.717, 1.165) is 6.42 Å². The Labute approximate surface area is 123 Å². The van der Waals surface area contributed by atoms with E-state index in [1.165, 1.54) is 4.90 Å². The summed E-state index contributed by atoms with van der Waals surface area (Å²) in [5, 5.41) is 9.42. The molecule has 1 aliphatic rings. The number of aryl methyl sites for hydroxylation is 1. The average molecular weight is 295 g/mol. The molecule has 1 atom stereocenters. The second-order valence-electron chi connectivity index (χ2n) is 4.84.